The third kappa shape index (κ3) is 3.89. The number of halogens is 1. The lowest BCUT2D eigenvalue weighted by Crippen LogP contribution is -2.51. The Hall–Kier alpha value is -2.97. The van der Waals surface area contributed by atoms with E-state index in [9.17, 15) is 10.4 Å². The molecule has 3 aromatic rings. The number of hydrogen-bond donors (Lipinski definition) is 4. The molecule has 2 aromatic heterocycles. The molecule has 0 radical (unpaired) electrons. The number of rotatable bonds is 4. The maximum absolute atomic E-state index is 15.6. The first-order chi connectivity index (χ1) is 16.9. The Kier molecular flexibility index (Phi) is 5.53. The monoisotopic (exact) mass is 494 g/mol. The highest BCUT2D eigenvalue weighted by atomic mass is 32.1. The van der Waals surface area contributed by atoms with E-state index in [1.807, 2.05) is 25.1 Å². The summed E-state index contributed by atoms with van der Waals surface area (Å²) < 4.78 is 21.5. The van der Waals surface area contributed by atoms with Gasteiger partial charge in [0.2, 0.25) is 0 Å². The minimum Gasteiger partial charge on any atom is -0.491 e. The zero-order valence-electron chi connectivity index (χ0n) is 19.3. The molecule has 5 N–H and O–H groups in total. The first-order valence-corrected chi connectivity index (χ1v) is 12.7. The van der Waals surface area contributed by atoms with Crippen LogP contribution in [0.4, 0.5) is 15.8 Å². The SMILES string of the molecule is Cc1ccc2c(N)c(C(O)N[C@H]3COc4cc(N5CC6CCC(C5)N6)c(C#N)c(F)c4C3)sc2n1. The zero-order chi connectivity index (χ0) is 24.3. The fourth-order valence-corrected chi connectivity index (χ4v) is 6.62. The number of nitrogen functional groups attached to an aromatic ring is 1. The van der Waals surface area contributed by atoms with E-state index < -0.39 is 12.0 Å². The van der Waals surface area contributed by atoms with E-state index in [1.165, 1.54) is 11.3 Å². The molecular formula is C25H27FN6O2S. The number of nitrogens with one attached hydrogen (secondary N) is 2. The molecule has 0 amide bonds. The van der Waals surface area contributed by atoms with Gasteiger partial charge in [0.1, 0.15) is 40.9 Å². The highest BCUT2D eigenvalue weighted by molar-refractivity contribution is 7.19. The fourth-order valence-electron chi connectivity index (χ4n) is 5.54. The van der Waals surface area contributed by atoms with Crippen LogP contribution in [0.2, 0.25) is 0 Å². The highest BCUT2D eigenvalue weighted by Gasteiger charge is 2.35. The number of aryl methyl sites for hydroxylation is 1. The number of nitriles is 1. The standard InChI is InChI=1S/C25H27FN6O2S/c1-12-2-5-16-22(28)23(35-25(16)29-12)24(33)31-15-6-17-20(34-11-15)7-19(18(8-27)21(17)26)32-9-13-3-4-14(10-32)30-13/h2,5,7,13-15,24,30-31,33H,3-4,6,9-11,28H2,1H3/t13?,14?,15-,24?/m1/s1. The number of pyridine rings is 1. The van der Waals surface area contributed by atoms with Crippen molar-refractivity contribution in [3.63, 3.8) is 0 Å². The Morgan fingerprint density at radius 2 is 2.14 bits per heavy atom. The van der Waals surface area contributed by atoms with Gasteiger partial charge in [0.25, 0.3) is 0 Å². The van der Waals surface area contributed by atoms with Crippen LogP contribution in [0.1, 0.15) is 40.8 Å². The van der Waals surface area contributed by atoms with E-state index >= 15 is 4.39 Å². The molecule has 1 aromatic carbocycles. The average molecular weight is 495 g/mol. The van der Waals surface area contributed by atoms with Crippen molar-refractivity contribution in [2.75, 3.05) is 30.3 Å². The summed E-state index contributed by atoms with van der Waals surface area (Å²) >= 11 is 1.34. The second kappa shape index (κ2) is 8.60. The summed E-state index contributed by atoms with van der Waals surface area (Å²) in [6.45, 7) is 3.68. The number of aromatic nitrogens is 1. The quantitative estimate of drug-likeness (QED) is 0.409. The summed E-state index contributed by atoms with van der Waals surface area (Å²) in [5.74, 6) is -0.0658. The van der Waals surface area contributed by atoms with E-state index in [2.05, 4.69) is 26.6 Å². The van der Waals surface area contributed by atoms with Crippen LogP contribution < -0.4 is 26.0 Å². The van der Waals surface area contributed by atoms with Crippen molar-refractivity contribution in [1.29, 1.82) is 5.26 Å². The van der Waals surface area contributed by atoms with Gasteiger partial charge < -0.3 is 25.8 Å². The first kappa shape index (κ1) is 22.5. The molecule has 182 valence electrons. The number of nitrogens with zero attached hydrogens (tertiary/aromatic N) is 3. The lowest BCUT2D eigenvalue weighted by Gasteiger charge is -2.36. The number of fused-ring (bicyclic) bond motifs is 4. The number of piperazine rings is 1. The van der Waals surface area contributed by atoms with Gasteiger partial charge in [-0.15, -0.1) is 11.3 Å². The van der Waals surface area contributed by atoms with Crippen LogP contribution in [-0.2, 0) is 6.42 Å². The average Bonchev–Trinajstić information content (AvgIpc) is 3.36. The Morgan fingerprint density at radius 3 is 2.89 bits per heavy atom. The van der Waals surface area contributed by atoms with Crippen molar-refractivity contribution < 1.29 is 14.2 Å². The van der Waals surface area contributed by atoms with Crippen molar-refractivity contribution >= 4 is 32.9 Å². The van der Waals surface area contributed by atoms with Crippen molar-refractivity contribution in [3.8, 4) is 11.8 Å². The minimum atomic E-state index is -1.04. The molecule has 8 nitrogen and oxygen atoms in total. The van der Waals surface area contributed by atoms with Gasteiger partial charge >= 0.3 is 0 Å². The molecule has 3 aliphatic rings. The predicted octanol–water partition coefficient (Wildman–Crippen LogP) is 2.72. The van der Waals surface area contributed by atoms with Crippen LogP contribution in [0.3, 0.4) is 0 Å². The number of ether oxygens (including phenoxy) is 1. The zero-order valence-corrected chi connectivity index (χ0v) is 20.2. The topological polar surface area (TPSA) is 119 Å². The van der Waals surface area contributed by atoms with E-state index in [4.69, 9.17) is 10.5 Å². The fraction of sp³-hybridized carbons (Fsp3) is 0.440. The highest BCUT2D eigenvalue weighted by Crippen LogP contribution is 2.39. The molecule has 6 rings (SSSR count). The van der Waals surface area contributed by atoms with Crippen LogP contribution in [0, 0.1) is 24.1 Å². The van der Waals surface area contributed by atoms with E-state index in [0.717, 1.165) is 41.8 Å². The molecule has 10 heteroatoms. The number of thiophene rings is 1. The normalized spacial score (nSPS) is 24.2. The summed E-state index contributed by atoms with van der Waals surface area (Å²) in [6.07, 6.45) is 1.45. The van der Waals surface area contributed by atoms with Gasteiger partial charge in [0.05, 0.1) is 16.3 Å². The summed E-state index contributed by atoms with van der Waals surface area (Å²) in [5, 5.41) is 28.2. The van der Waals surface area contributed by atoms with Crippen LogP contribution in [0.5, 0.6) is 5.75 Å². The summed E-state index contributed by atoms with van der Waals surface area (Å²) in [7, 11) is 0. The van der Waals surface area contributed by atoms with Gasteiger partial charge in [-0.05, 0) is 38.3 Å². The second-order valence-electron chi connectivity index (χ2n) is 9.68. The van der Waals surface area contributed by atoms with E-state index in [1.54, 1.807) is 0 Å². The van der Waals surface area contributed by atoms with Crippen molar-refractivity contribution in [1.82, 2.24) is 15.6 Å². The molecule has 2 bridgehead atoms. The summed E-state index contributed by atoms with van der Waals surface area (Å²) in [4.78, 5) is 7.94. The van der Waals surface area contributed by atoms with Crippen LogP contribution in [0.25, 0.3) is 10.2 Å². The smallest absolute Gasteiger partial charge is 0.150 e. The number of benzene rings is 1. The Bertz CT molecular complexity index is 1340. The Morgan fingerprint density at radius 1 is 1.37 bits per heavy atom. The lowest BCUT2D eigenvalue weighted by atomic mass is 9.97. The van der Waals surface area contributed by atoms with E-state index in [-0.39, 0.29) is 18.2 Å². The minimum absolute atomic E-state index is 0.0602. The Balaban J connectivity index is 1.24. The van der Waals surface area contributed by atoms with Gasteiger partial charge in [-0.3, -0.25) is 5.32 Å². The summed E-state index contributed by atoms with van der Waals surface area (Å²) in [6, 6.07) is 8.08. The van der Waals surface area contributed by atoms with E-state index in [0.29, 0.717) is 46.1 Å². The summed E-state index contributed by atoms with van der Waals surface area (Å²) in [5.41, 5.74) is 8.67. The molecule has 2 fully saturated rings. The predicted molar refractivity (Wildman–Crippen MR) is 133 cm³/mol. The third-order valence-corrected chi connectivity index (χ3v) is 8.44. The Labute approximate surface area is 206 Å². The molecule has 3 aliphatic heterocycles. The number of anilines is 2. The number of nitrogens with two attached hydrogens (primary N) is 1. The number of aliphatic hydroxyl groups excluding tert-OH is 1. The molecule has 0 spiro atoms. The second-order valence-corrected chi connectivity index (χ2v) is 10.7. The van der Waals surface area contributed by atoms with Crippen LogP contribution in [0.15, 0.2) is 18.2 Å². The molecule has 0 saturated carbocycles. The van der Waals surface area contributed by atoms with Crippen molar-refractivity contribution in [3.05, 3.63) is 45.7 Å². The van der Waals surface area contributed by atoms with Gasteiger partial charge in [0.15, 0.2) is 0 Å². The molecule has 2 saturated heterocycles. The molecule has 0 aliphatic carbocycles. The van der Waals surface area contributed by atoms with Gasteiger partial charge in [-0.2, -0.15) is 5.26 Å². The van der Waals surface area contributed by atoms with Gasteiger partial charge in [-0.25, -0.2) is 9.37 Å². The molecule has 4 atom stereocenters. The van der Waals surface area contributed by atoms with Gasteiger partial charge in [-0.1, -0.05) is 0 Å². The molecule has 3 unspecified atom stereocenters. The maximum atomic E-state index is 15.6. The first-order valence-electron chi connectivity index (χ1n) is 11.9. The lowest BCUT2D eigenvalue weighted by molar-refractivity contribution is 0.106. The van der Waals surface area contributed by atoms with Crippen LogP contribution in [-0.4, -0.2) is 47.9 Å². The maximum Gasteiger partial charge on any atom is 0.150 e. The largest absolute Gasteiger partial charge is 0.491 e. The number of hydrogen-bond acceptors (Lipinski definition) is 9. The van der Waals surface area contributed by atoms with Crippen LogP contribution >= 0.6 is 11.3 Å². The number of aliphatic hydroxyl groups is 1. The van der Waals surface area contributed by atoms with Crippen molar-refractivity contribution in [2.45, 2.75) is 50.5 Å². The molecular weight excluding hydrogens is 467 g/mol. The van der Waals surface area contributed by atoms with Gasteiger partial charge in [0, 0.05) is 53.9 Å². The molecule has 5 heterocycles. The third-order valence-electron chi connectivity index (χ3n) is 7.27. The van der Waals surface area contributed by atoms with Crippen molar-refractivity contribution in [2.24, 2.45) is 0 Å². The molecule has 35 heavy (non-hydrogen) atoms.